The molecule has 0 unspecified atom stereocenters. The molecule has 4 nitrogen and oxygen atoms in total. The highest BCUT2D eigenvalue weighted by Crippen LogP contribution is 2.12. The zero-order chi connectivity index (χ0) is 12.3. The Hall–Kier alpha value is -1.88. The van der Waals surface area contributed by atoms with Gasteiger partial charge in [0.15, 0.2) is 4.80 Å². The molecule has 2 N–H and O–H groups in total. The second-order valence-corrected chi connectivity index (χ2v) is 4.59. The number of nitrogens with one attached hydrogen (secondary N) is 2. The molecule has 0 spiro atoms. The van der Waals surface area contributed by atoms with Gasteiger partial charge < -0.3 is 9.88 Å². The van der Waals surface area contributed by atoms with Crippen LogP contribution in [-0.2, 0) is 11.3 Å². The third-order valence-corrected chi connectivity index (χ3v) is 3.13. The van der Waals surface area contributed by atoms with Crippen LogP contribution < -0.4 is 10.1 Å². The molecule has 0 atom stereocenters. The van der Waals surface area contributed by atoms with Crippen molar-refractivity contribution in [2.45, 2.75) is 13.5 Å². The number of nitrogens with zero attached hydrogens (tertiary/aromatic N) is 1. The molecule has 17 heavy (non-hydrogen) atoms. The number of anilines is 1. The number of hydrogen-bond donors (Lipinski definition) is 2. The number of carbonyl (C=O) groups is 1. The van der Waals surface area contributed by atoms with Crippen molar-refractivity contribution in [3.05, 3.63) is 46.2 Å². The summed E-state index contributed by atoms with van der Waals surface area (Å²) in [5.74, 6) is -0.115. The summed E-state index contributed by atoms with van der Waals surface area (Å²) in [6, 6.07) is 7.63. The van der Waals surface area contributed by atoms with E-state index in [1.807, 2.05) is 31.2 Å². The molecule has 0 aliphatic rings. The van der Waals surface area contributed by atoms with Crippen molar-refractivity contribution in [1.29, 1.82) is 5.41 Å². The summed E-state index contributed by atoms with van der Waals surface area (Å²) in [7, 11) is 0. The highest BCUT2D eigenvalue weighted by atomic mass is 32.1. The largest absolute Gasteiger partial charge is 0.324 e. The Balaban J connectivity index is 2.06. The van der Waals surface area contributed by atoms with E-state index in [1.165, 1.54) is 11.3 Å². The lowest BCUT2D eigenvalue weighted by atomic mass is 10.2. The summed E-state index contributed by atoms with van der Waals surface area (Å²) in [5, 5.41) is 12.2. The minimum Gasteiger partial charge on any atom is -0.324 e. The summed E-state index contributed by atoms with van der Waals surface area (Å²) in [6.45, 7) is 2.12. The maximum atomic E-state index is 11.8. The van der Waals surface area contributed by atoms with E-state index < -0.39 is 0 Å². The Kier molecular flexibility index (Phi) is 3.39. The van der Waals surface area contributed by atoms with Gasteiger partial charge in [-0.15, -0.1) is 11.3 Å². The normalized spacial score (nSPS) is 10.2. The lowest BCUT2D eigenvalue weighted by molar-refractivity contribution is -0.116. The fraction of sp³-hybridized carbons (Fsp3) is 0.167. The van der Waals surface area contributed by atoms with Gasteiger partial charge in [0, 0.05) is 17.3 Å². The molecule has 1 aromatic heterocycles. The molecule has 1 amide bonds. The number of benzene rings is 1. The van der Waals surface area contributed by atoms with Crippen LogP contribution in [0.1, 0.15) is 5.56 Å². The summed E-state index contributed by atoms with van der Waals surface area (Å²) < 4.78 is 1.61. The standard InChI is InChI=1S/C12H13N3OS/c1-9-4-2-3-5-10(9)14-11(16)8-15-6-7-17-12(15)13/h2-7,13H,8H2,1H3,(H,14,16). The Morgan fingerprint density at radius 3 is 2.88 bits per heavy atom. The molecule has 1 aromatic carbocycles. The van der Waals surface area contributed by atoms with E-state index in [1.54, 1.807) is 16.1 Å². The first-order valence-corrected chi connectivity index (χ1v) is 6.09. The van der Waals surface area contributed by atoms with Gasteiger partial charge in [0.2, 0.25) is 5.91 Å². The van der Waals surface area contributed by atoms with Crippen molar-refractivity contribution in [3.8, 4) is 0 Å². The number of hydrogen-bond acceptors (Lipinski definition) is 3. The van der Waals surface area contributed by atoms with Crippen molar-refractivity contribution < 1.29 is 4.79 Å². The van der Waals surface area contributed by atoms with E-state index >= 15 is 0 Å². The summed E-state index contributed by atoms with van der Waals surface area (Å²) in [5.41, 5.74) is 1.85. The van der Waals surface area contributed by atoms with Crippen LogP contribution in [0.5, 0.6) is 0 Å². The van der Waals surface area contributed by atoms with Crippen molar-refractivity contribution in [3.63, 3.8) is 0 Å². The molecule has 0 fully saturated rings. The molecule has 0 saturated carbocycles. The monoisotopic (exact) mass is 247 g/mol. The molecule has 5 heteroatoms. The number of aryl methyl sites for hydroxylation is 1. The van der Waals surface area contributed by atoms with Gasteiger partial charge in [0.05, 0.1) is 0 Å². The molecule has 0 bridgehead atoms. The van der Waals surface area contributed by atoms with E-state index in [2.05, 4.69) is 5.32 Å². The first-order valence-electron chi connectivity index (χ1n) is 5.21. The van der Waals surface area contributed by atoms with Crippen LogP contribution in [0.4, 0.5) is 5.69 Å². The maximum Gasteiger partial charge on any atom is 0.244 e. The topological polar surface area (TPSA) is 57.9 Å². The molecule has 2 aromatic rings. The number of carbonyl (C=O) groups excluding carboxylic acids is 1. The van der Waals surface area contributed by atoms with Gasteiger partial charge in [0.25, 0.3) is 0 Å². The average Bonchev–Trinajstić information content (AvgIpc) is 2.68. The van der Waals surface area contributed by atoms with E-state index in [0.29, 0.717) is 4.80 Å². The molecule has 0 saturated heterocycles. The highest BCUT2D eigenvalue weighted by molar-refractivity contribution is 7.06. The molecule has 1 heterocycles. The van der Waals surface area contributed by atoms with Crippen LogP contribution >= 0.6 is 11.3 Å². The van der Waals surface area contributed by atoms with Crippen LogP contribution in [0.3, 0.4) is 0 Å². The first kappa shape index (κ1) is 11.6. The number of rotatable bonds is 3. The van der Waals surface area contributed by atoms with Crippen LogP contribution in [0.15, 0.2) is 35.8 Å². The molecule has 0 aliphatic carbocycles. The van der Waals surface area contributed by atoms with E-state index in [0.717, 1.165) is 11.3 Å². The van der Waals surface area contributed by atoms with Crippen LogP contribution in [0.2, 0.25) is 0 Å². The maximum absolute atomic E-state index is 11.8. The number of aromatic nitrogens is 1. The Bertz CT molecular complexity index is 585. The van der Waals surface area contributed by atoms with Gasteiger partial charge in [-0.1, -0.05) is 18.2 Å². The molecular formula is C12H13N3OS. The lowest BCUT2D eigenvalue weighted by Gasteiger charge is -2.08. The van der Waals surface area contributed by atoms with Gasteiger partial charge in [-0.2, -0.15) is 0 Å². The Morgan fingerprint density at radius 1 is 1.47 bits per heavy atom. The van der Waals surface area contributed by atoms with Crippen molar-refractivity contribution in [1.82, 2.24) is 4.57 Å². The van der Waals surface area contributed by atoms with E-state index in [-0.39, 0.29) is 12.5 Å². The number of para-hydroxylation sites is 1. The lowest BCUT2D eigenvalue weighted by Crippen LogP contribution is -2.24. The van der Waals surface area contributed by atoms with Crippen molar-refractivity contribution in [2.24, 2.45) is 0 Å². The smallest absolute Gasteiger partial charge is 0.244 e. The van der Waals surface area contributed by atoms with E-state index in [9.17, 15) is 4.79 Å². The second kappa shape index (κ2) is 4.97. The van der Waals surface area contributed by atoms with Gasteiger partial charge >= 0.3 is 0 Å². The van der Waals surface area contributed by atoms with E-state index in [4.69, 9.17) is 5.41 Å². The van der Waals surface area contributed by atoms with Gasteiger partial charge in [0.1, 0.15) is 6.54 Å². The Labute approximate surface area is 103 Å². The van der Waals surface area contributed by atoms with Crippen molar-refractivity contribution >= 4 is 22.9 Å². The van der Waals surface area contributed by atoms with Crippen LogP contribution in [-0.4, -0.2) is 10.5 Å². The fourth-order valence-corrected chi connectivity index (χ4v) is 2.08. The predicted molar refractivity (Wildman–Crippen MR) is 68.0 cm³/mol. The quantitative estimate of drug-likeness (QED) is 0.856. The molecule has 88 valence electrons. The zero-order valence-electron chi connectivity index (χ0n) is 9.43. The van der Waals surface area contributed by atoms with Gasteiger partial charge in [-0.3, -0.25) is 10.2 Å². The fourth-order valence-electron chi connectivity index (χ4n) is 1.49. The van der Waals surface area contributed by atoms with Gasteiger partial charge in [-0.05, 0) is 18.6 Å². The third kappa shape index (κ3) is 2.82. The summed E-state index contributed by atoms with van der Waals surface area (Å²) in [6.07, 6.45) is 1.74. The predicted octanol–water partition coefficient (Wildman–Crippen LogP) is 1.98. The Morgan fingerprint density at radius 2 is 2.24 bits per heavy atom. The molecule has 2 rings (SSSR count). The SMILES string of the molecule is Cc1ccccc1NC(=O)Cn1ccsc1=N. The number of thiazole rings is 1. The molecule has 0 aliphatic heterocycles. The molecule has 0 radical (unpaired) electrons. The van der Waals surface area contributed by atoms with Crippen molar-refractivity contribution in [2.75, 3.05) is 5.32 Å². The minimum atomic E-state index is -0.115. The zero-order valence-corrected chi connectivity index (χ0v) is 10.3. The second-order valence-electron chi connectivity index (χ2n) is 3.70. The minimum absolute atomic E-state index is 0.115. The number of amides is 1. The highest BCUT2D eigenvalue weighted by Gasteiger charge is 2.05. The first-order chi connectivity index (χ1) is 8.16. The van der Waals surface area contributed by atoms with Crippen LogP contribution in [0.25, 0.3) is 0 Å². The summed E-state index contributed by atoms with van der Waals surface area (Å²) in [4.78, 5) is 12.2. The average molecular weight is 247 g/mol. The summed E-state index contributed by atoms with van der Waals surface area (Å²) >= 11 is 1.31. The molecular weight excluding hydrogens is 234 g/mol. The van der Waals surface area contributed by atoms with Gasteiger partial charge in [-0.25, -0.2) is 0 Å². The van der Waals surface area contributed by atoms with Crippen LogP contribution in [0, 0.1) is 12.3 Å². The third-order valence-electron chi connectivity index (χ3n) is 2.41.